The number of carboxylic acids is 1. The van der Waals surface area contributed by atoms with Crippen LogP contribution in [-0.2, 0) is 0 Å². The Morgan fingerprint density at radius 2 is 2.25 bits per heavy atom. The van der Waals surface area contributed by atoms with E-state index < -0.39 is 5.97 Å². The molecule has 1 N–H and O–H groups in total. The van der Waals surface area contributed by atoms with Gasteiger partial charge in [0.15, 0.2) is 0 Å². The van der Waals surface area contributed by atoms with Crippen molar-refractivity contribution in [3.8, 4) is 0 Å². The van der Waals surface area contributed by atoms with Crippen LogP contribution in [0.3, 0.4) is 0 Å². The van der Waals surface area contributed by atoms with Crippen LogP contribution in [0.25, 0.3) is 0 Å². The normalized spacial score (nSPS) is 18.6. The Kier molecular flexibility index (Phi) is 4.37. The maximum Gasteiger partial charge on any atom is 0.335 e. The summed E-state index contributed by atoms with van der Waals surface area (Å²) in [5.74, 6) is -0.0370. The quantitative estimate of drug-likeness (QED) is 0.916. The summed E-state index contributed by atoms with van der Waals surface area (Å²) in [6, 6.07) is 2.74. The highest BCUT2D eigenvalue weighted by Gasteiger charge is 2.28. The van der Waals surface area contributed by atoms with Gasteiger partial charge in [0, 0.05) is 19.3 Å². The summed E-state index contributed by atoms with van der Waals surface area (Å²) in [5, 5.41) is 8.94. The molecule has 2 rings (SSSR count). The van der Waals surface area contributed by atoms with Crippen LogP contribution in [0.1, 0.15) is 47.5 Å². The van der Waals surface area contributed by atoms with E-state index in [2.05, 4.69) is 18.8 Å². The lowest BCUT2D eigenvalue weighted by atomic mass is 9.97. The van der Waals surface area contributed by atoms with Crippen molar-refractivity contribution in [2.75, 3.05) is 13.1 Å². The first-order chi connectivity index (χ1) is 9.47. The third-order valence-electron chi connectivity index (χ3n) is 3.60. The second-order valence-electron chi connectivity index (χ2n) is 5.77. The molecule has 108 valence electrons. The average molecular weight is 276 g/mol. The molecule has 1 aromatic rings. The second kappa shape index (κ2) is 6.03. The first-order valence-corrected chi connectivity index (χ1v) is 6.96. The van der Waals surface area contributed by atoms with Crippen LogP contribution in [0.15, 0.2) is 18.3 Å². The van der Waals surface area contributed by atoms with Crippen molar-refractivity contribution < 1.29 is 14.7 Å². The van der Waals surface area contributed by atoms with E-state index in [0.717, 1.165) is 25.9 Å². The summed E-state index contributed by atoms with van der Waals surface area (Å²) in [7, 11) is 0. The van der Waals surface area contributed by atoms with Crippen LogP contribution < -0.4 is 0 Å². The van der Waals surface area contributed by atoms with Gasteiger partial charge >= 0.3 is 5.97 Å². The minimum Gasteiger partial charge on any atom is -0.478 e. The molecule has 1 fully saturated rings. The van der Waals surface area contributed by atoms with Crippen LogP contribution in [0.4, 0.5) is 0 Å². The highest BCUT2D eigenvalue weighted by atomic mass is 16.4. The molecule has 5 nitrogen and oxygen atoms in total. The minimum atomic E-state index is -1.04. The third-order valence-corrected chi connectivity index (χ3v) is 3.60. The van der Waals surface area contributed by atoms with E-state index in [-0.39, 0.29) is 17.2 Å². The Bertz CT molecular complexity index is 514. The Hall–Kier alpha value is -1.91. The highest BCUT2D eigenvalue weighted by molar-refractivity contribution is 5.95. The van der Waals surface area contributed by atoms with E-state index in [1.165, 1.54) is 18.3 Å². The van der Waals surface area contributed by atoms with Gasteiger partial charge in [0.25, 0.3) is 5.91 Å². The second-order valence-corrected chi connectivity index (χ2v) is 5.77. The van der Waals surface area contributed by atoms with Gasteiger partial charge < -0.3 is 10.0 Å². The molecule has 1 aromatic heterocycles. The Morgan fingerprint density at radius 3 is 2.90 bits per heavy atom. The van der Waals surface area contributed by atoms with Crippen molar-refractivity contribution in [2.45, 2.75) is 26.7 Å². The zero-order valence-electron chi connectivity index (χ0n) is 11.9. The molecule has 0 saturated carbocycles. The fourth-order valence-electron chi connectivity index (χ4n) is 2.72. The number of rotatable bonds is 4. The lowest BCUT2D eigenvalue weighted by Gasteiger charge is -2.17. The Labute approximate surface area is 118 Å². The number of aromatic nitrogens is 1. The number of amides is 1. The van der Waals surface area contributed by atoms with Gasteiger partial charge in [-0.1, -0.05) is 13.8 Å². The van der Waals surface area contributed by atoms with Gasteiger partial charge in [0.1, 0.15) is 5.69 Å². The number of carbonyl (C=O) groups is 2. The van der Waals surface area contributed by atoms with Gasteiger partial charge in [0.2, 0.25) is 0 Å². The smallest absolute Gasteiger partial charge is 0.335 e. The number of hydrogen-bond acceptors (Lipinski definition) is 3. The summed E-state index contributed by atoms with van der Waals surface area (Å²) in [4.78, 5) is 29.0. The van der Waals surface area contributed by atoms with E-state index >= 15 is 0 Å². The van der Waals surface area contributed by atoms with E-state index in [0.29, 0.717) is 11.8 Å². The summed E-state index contributed by atoms with van der Waals surface area (Å²) < 4.78 is 0. The van der Waals surface area contributed by atoms with Gasteiger partial charge in [-0.2, -0.15) is 0 Å². The van der Waals surface area contributed by atoms with E-state index in [4.69, 9.17) is 5.11 Å². The van der Waals surface area contributed by atoms with Gasteiger partial charge in [-0.3, -0.25) is 9.78 Å². The molecular formula is C15H20N2O3. The lowest BCUT2D eigenvalue weighted by molar-refractivity contribution is 0.0696. The predicted octanol–water partition coefficient (Wildman–Crippen LogP) is 2.29. The largest absolute Gasteiger partial charge is 0.478 e. The van der Waals surface area contributed by atoms with Crippen molar-refractivity contribution >= 4 is 11.9 Å². The molecule has 5 heteroatoms. The lowest BCUT2D eigenvalue weighted by Crippen LogP contribution is -2.29. The van der Waals surface area contributed by atoms with Crippen LogP contribution in [-0.4, -0.2) is 40.0 Å². The molecule has 1 atom stereocenters. The zero-order chi connectivity index (χ0) is 14.7. The highest BCUT2D eigenvalue weighted by Crippen LogP contribution is 2.24. The van der Waals surface area contributed by atoms with Crippen molar-refractivity contribution in [2.24, 2.45) is 11.8 Å². The van der Waals surface area contributed by atoms with Crippen molar-refractivity contribution in [3.63, 3.8) is 0 Å². The first kappa shape index (κ1) is 14.5. The molecule has 1 aliphatic heterocycles. The Balaban J connectivity index is 2.05. The van der Waals surface area contributed by atoms with Crippen LogP contribution in [0.5, 0.6) is 0 Å². The number of carbonyl (C=O) groups excluding carboxylic acids is 1. The molecule has 20 heavy (non-hydrogen) atoms. The number of aromatic carboxylic acids is 1. The molecule has 0 spiro atoms. The molecule has 0 bridgehead atoms. The maximum absolute atomic E-state index is 12.3. The summed E-state index contributed by atoms with van der Waals surface area (Å²) in [5.41, 5.74) is 0.316. The number of pyridine rings is 1. The number of nitrogens with zero attached hydrogens (tertiary/aromatic N) is 2. The predicted molar refractivity (Wildman–Crippen MR) is 74.7 cm³/mol. The maximum atomic E-state index is 12.3. The van der Waals surface area contributed by atoms with Crippen molar-refractivity contribution in [1.82, 2.24) is 9.88 Å². The van der Waals surface area contributed by atoms with Crippen LogP contribution in [0.2, 0.25) is 0 Å². The van der Waals surface area contributed by atoms with Gasteiger partial charge in [0.05, 0.1) is 5.56 Å². The van der Waals surface area contributed by atoms with Crippen molar-refractivity contribution in [3.05, 3.63) is 29.6 Å². The number of hydrogen-bond donors (Lipinski definition) is 1. The fraction of sp³-hybridized carbons (Fsp3) is 0.533. The van der Waals surface area contributed by atoms with E-state index in [9.17, 15) is 9.59 Å². The number of likely N-dealkylation sites (tertiary alicyclic amines) is 1. The molecule has 1 saturated heterocycles. The zero-order valence-corrected chi connectivity index (χ0v) is 11.9. The topological polar surface area (TPSA) is 70.5 Å². The standard InChI is InChI=1S/C15H20N2O3/c1-10(2)7-11-4-6-17(9-11)14(18)13-8-12(15(19)20)3-5-16-13/h3,5,8,10-11H,4,6-7,9H2,1-2H3,(H,19,20). The molecule has 0 aromatic carbocycles. The SMILES string of the molecule is CC(C)CC1CCN(C(=O)c2cc(C(=O)O)ccn2)C1. The molecular weight excluding hydrogens is 256 g/mol. The molecule has 1 unspecified atom stereocenters. The molecule has 1 amide bonds. The first-order valence-electron chi connectivity index (χ1n) is 6.96. The fourth-order valence-corrected chi connectivity index (χ4v) is 2.72. The van der Waals surface area contributed by atoms with Gasteiger partial charge in [-0.05, 0) is 36.8 Å². The third kappa shape index (κ3) is 3.35. The molecule has 2 heterocycles. The summed E-state index contributed by atoms with van der Waals surface area (Å²) >= 11 is 0. The minimum absolute atomic E-state index is 0.0984. The van der Waals surface area contributed by atoms with Crippen LogP contribution >= 0.6 is 0 Å². The number of carboxylic acid groups (broad SMARTS) is 1. The Morgan fingerprint density at radius 1 is 1.50 bits per heavy atom. The molecule has 0 radical (unpaired) electrons. The van der Waals surface area contributed by atoms with Gasteiger partial charge in [-0.25, -0.2) is 4.79 Å². The van der Waals surface area contributed by atoms with Crippen LogP contribution in [0, 0.1) is 11.8 Å². The molecule has 0 aliphatic carbocycles. The summed E-state index contributed by atoms with van der Waals surface area (Å²) in [6.45, 7) is 5.84. The van der Waals surface area contributed by atoms with E-state index in [1.807, 2.05) is 0 Å². The van der Waals surface area contributed by atoms with Crippen molar-refractivity contribution in [1.29, 1.82) is 0 Å². The van der Waals surface area contributed by atoms with E-state index in [1.54, 1.807) is 4.90 Å². The summed E-state index contributed by atoms with van der Waals surface area (Å²) in [6.07, 6.45) is 3.51. The van der Waals surface area contributed by atoms with Gasteiger partial charge in [-0.15, -0.1) is 0 Å². The average Bonchev–Trinajstić information content (AvgIpc) is 2.85. The molecule has 1 aliphatic rings. The monoisotopic (exact) mass is 276 g/mol.